The van der Waals surface area contributed by atoms with Crippen molar-refractivity contribution in [3.8, 4) is 5.75 Å². The van der Waals surface area contributed by atoms with E-state index < -0.39 is 36.8 Å². The van der Waals surface area contributed by atoms with Crippen molar-refractivity contribution < 1.29 is 37.0 Å². The van der Waals surface area contributed by atoms with Crippen molar-refractivity contribution in [3.63, 3.8) is 0 Å². The number of morpholine rings is 1. The average molecular weight is 452 g/mol. The number of esters is 1. The highest BCUT2D eigenvalue weighted by Gasteiger charge is 2.32. The van der Waals surface area contributed by atoms with Crippen molar-refractivity contribution in [2.75, 3.05) is 49.7 Å². The normalized spacial score (nSPS) is 14.1. The molecular formula is C22H23F3N2O5. The molecule has 2 aromatic carbocycles. The molecule has 2 aromatic rings. The number of hydrogen-bond acceptors (Lipinski definition) is 6. The maximum atomic E-state index is 13.2. The minimum atomic E-state index is -4.57. The monoisotopic (exact) mass is 452 g/mol. The molecule has 1 aliphatic heterocycles. The van der Waals surface area contributed by atoms with E-state index >= 15 is 0 Å². The number of nitrogens with zero attached hydrogens (tertiary/aromatic N) is 1. The number of amides is 1. The number of halogens is 3. The first-order chi connectivity index (χ1) is 15.2. The fraction of sp³-hybridized carbons (Fsp3) is 0.364. The van der Waals surface area contributed by atoms with Crippen molar-refractivity contribution in [1.29, 1.82) is 0 Å². The number of alkyl halides is 3. The van der Waals surface area contributed by atoms with Gasteiger partial charge >= 0.3 is 12.1 Å². The summed E-state index contributed by atoms with van der Waals surface area (Å²) in [6.07, 6.45) is -4.57. The summed E-state index contributed by atoms with van der Waals surface area (Å²) in [5.74, 6) is -1.06. The lowest BCUT2D eigenvalue weighted by atomic mass is 10.1. The van der Waals surface area contributed by atoms with Gasteiger partial charge in [0.1, 0.15) is 5.75 Å². The topological polar surface area (TPSA) is 77.1 Å². The van der Waals surface area contributed by atoms with Crippen molar-refractivity contribution in [1.82, 2.24) is 0 Å². The van der Waals surface area contributed by atoms with Gasteiger partial charge in [0.15, 0.2) is 13.2 Å². The number of benzene rings is 2. The van der Waals surface area contributed by atoms with E-state index in [-0.39, 0.29) is 5.69 Å². The number of ether oxygens (including phenoxy) is 3. The Morgan fingerprint density at radius 3 is 2.53 bits per heavy atom. The lowest BCUT2D eigenvalue weighted by molar-refractivity contribution is -0.149. The third-order valence-corrected chi connectivity index (χ3v) is 4.66. The molecule has 1 amide bonds. The second kappa shape index (κ2) is 10.4. The zero-order chi connectivity index (χ0) is 23.1. The van der Waals surface area contributed by atoms with Crippen LogP contribution in [0.15, 0.2) is 42.5 Å². The Morgan fingerprint density at radius 1 is 1.09 bits per heavy atom. The van der Waals surface area contributed by atoms with Crippen LogP contribution in [-0.2, 0) is 25.2 Å². The maximum Gasteiger partial charge on any atom is 0.416 e. The summed E-state index contributed by atoms with van der Waals surface area (Å²) in [6, 6.07) is 10.2. The number of anilines is 2. The van der Waals surface area contributed by atoms with Gasteiger partial charge in [-0.2, -0.15) is 13.2 Å². The van der Waals surface area contributed by atoms with Crippen LogP contribution in [0, 0.1) is 6.92 Å². The molecular weight excluding hydrogens is 429 g/mol. The number of carbonyl (C=O) groups is 2. The smallest absolute Gasteiger partial charge is 0.416 e. The molecule has 7 nitrogen and oxygen atoms in total. The van der Waals surface area contributed by atoms with Crippen molar-refractivity contribution >= 4 is 23.3 Å². The van der Waals surface area contributed by atoms with E-state index in [1.807, 2.05) is 17.9 Å². The maximum absolute atomic E-state index is 13.2. The van der Waals surface area contributed by atoms with Crippen LogP contribution in [0.3, 0.4) is 0 Å². The quantitative estimate of drug-likeness (QED) is 0.649. The van der Waals surface area contributed by atoms with Crippen molar-refractivity contribution in [3.05, 3.63) is 53.6 Å². The molecule has 0 unspecified atom stereocenters. The fourth-order valence-corrected chi connectivity index (χ4v) is 3.11. The Labute approximate surface area is 183 Å². The molecule has 172 valence electrons. The molecule has 32 heavy (non-hydrogen) atoms. The van der Waals surface area contributed by atoms with Crippen molar-refractivity contribution in [2.24, 2.45) is 0 Å². The van der Waals surface area contributed by atoms with E-state index in [1.165, 1.54) is 6.07 Å². The van der Waals surface area contributed by atoms with Crippen LogP contribution in [0.5, 0.6) is 5.75 Å². The van der Waals surface area contributed by atoms with Crippen LogP contribution < -0.4 is 15.0 Å². The van der Waals surface area contributed by atoms with E-state index in [4.69, 9.17) is 14.2 Å². The summed E-state index contributed by atoms with van der Waals surface area (Å²) in [7, 11) is 0. The number of rotatable bonds is 7. The van der Waals surface area contributed by atoms with Gasteiger partial charge in [-0.3, -0.25) is 4.79 Å². The highest BCUT2D eigenvalue weighted by atomic mass is 19.4. The predicted octanol–water partition coefficient (Wildman–Crippen LogP) is 3.41. The van der Waals surface area contributed by atoms with E-state index in [2.05, 4.69) is 5.32 Å². The van der Waals surface area contributed by atoms with Gasteiger partial charge in [0.2, 0.25) is 0 Å². The number of carbonyl (C=O) groups excluding carboxylic acids is 2. The van der Waals surface area contributed by atoms with Gasteiger partial charge in [-0.15, -0.1) is 0 Å². The number of aryl methyl sites for hydroxylation is 1. The summed E-state index contributed by atoms with van der Waals surface area (Å²) in [6.45, 7) is 2.60. The average Bonchev–Trinajstić information content (AvgIpc) is 2.76. The third-order valence-electron chi connectivity index (χ3n) is 4.66. The third kappa shape index (κ3) is 6.61. The molecule has 3 rings (SSSR count). The van der Waals surface area contributed by atoms with Crippen LogP contribution >= 0.6 is 0 Å². The number of hydrogen-bond donors (Lipinski definition) is 1. The molecule has 0 saturated carbocycles. The summed E-state index contributed by atoms with van der Waals surface area (Å²) >= 11 is 0. The van der Waals surface area contributed by atoms with Crippen LogP contribution in [0.2, 0.25) is 0 Å². The predicted molar refractivity (Wildman–Crippen MR) is 111 cm³/mol. The van der Waals surface area contributed by atoms with Gasteiger partial charge in [0.05, 0.1) is 30.2 Å². The molecule has 10 heteroatoms. The Hall–Kier alpha value is -3.27. The van der Waals surface area contributed by atoms with E-state index in [0.717, 1.165) is 17.7 Å². The molecule has 0 atom stereocenters. The lowest BCUT2D eigenvalue weighted by Gasteiger charge is -2.31. The Morgan fingerprint density at radius 2 is 1.84 bits per heavy atom. The molecule has 0 spiro atoms. The molecule has 1 N–H and O–H groups in total. The standard InChI is InChI=1S/C22H23F3N2O5/c1-15-3-2-4-17(11-15)31-14-21(29)32-13-20(28)26-18-12-16(22(23,24)25)5-6-19(18)27-7-9-30-10-8-27/h2-6,11-12H,7-10,13-14H2,1H3,(H,26,28). The highest BCUT2D eigenvalue weighted by molar-refractivity contribution is 5.96. The van der Waals surface area contributed by atoms with E-state index in [0.29, 0.717) is 37.7 Å². The molecule has 1 heterocycles. The molecule has 0 aromatic heterocycles. The summed E-state index contributed by atoms with van der Waals surface area (Å²) in [5.41, 5.74) is 0.475. The molecule has 0 bridgehead atoms. The van der Waals surface area contributed by atoms with Crippen molar-refractivity contribution in [2.45, 2.75) is 13.1 Å². The lowest BCUT2D eigenvalue weighted by Crippen LogP contribution is -2.37. The molecule has 1 saturated heterocycles. The Bertz CT molecular complexity index is 959. The second-order valence-electron chi connectivity index (χ2n) is 7.14. The highest BCUT2D eigenvalue weighted by Crippen LogP contribution is 2.35. The second-order valence-corrected chi connectivity index (χ2v) is 7.14. The summed E-state index contributed by atoms with van der Waals surface area (Å²) < 4.78 is 54.9. The number of nitrogens with one attached hydrogen (secondary N) is 1. The molecule has 0 aliphatic carbocycles. The fourth-order valence-electron chi connectivity index (χ4n) is 3.11. The largest absolute Gasteiger partial charge is 0.482 e. The van der Waals surface area contributed by atoms with Crippen LogP contribution in [0.25, 0.3) is 0 Å². The minimum Gasteiger partial charge on any atom is -0.482 e. The zero-order valence-electron chi connectivity index (χ0n) is 17.4. The minimum absolute atomic E-state index is 0.0150. The van der Waals surface area contributed by atoms with Gasteiger partial charge < -0.3 is 24.4 Å². The first-order valence-electron chi connectivity index (χ1n) is 9.91. The molecule has 1 aliphatic rings. The Kier molecular flexibility index (Phi) is 7.57. The first kappa shape index (κ1) is 23.4. The Balaban J connectivity index is 1.60. The summed E-state index contributed by atoms with van der Waals surface area (Å²) in [5, 5.41) is 2.42. The van der Waals surface area contributed by atoms with Gasteiger partial charge in [-0.25, -0.2) is 4.79 Å². The molecule has 1 fully saturated rings. The zero-order valence-corrected chi connectivity index (χ0v) is 17.4. The van der Waals surface area contributed by atoms with Gasteiger partial charge in [-0.1, -0.05) is 12.1 Å². The SMILES string of the molecule is Cc1cccc(OCC(=O)OCC(=O)Nc2cc(C(F)(F)F)ccc2N2CCOCC2)c1. The van der Waals surface area contributed by atoms with Gasteiger partial charge in [0, 0.05) is 13.1 Å². The van der Waals surface area contributed by atoms with E-state index in [1.54, 1.807) is 18.2 Å². The van der Waals surface area contributed by atoms with Crippen LogP contribution in [-0.4, -0.2) is 51.4 Å². The van der Waals surface area contributed by atoms with Crippen LogP contribution in [0.1, 0.15) is 11.1 Å². The summed E-state index contributed by atoms with van der Waals surface area (Å²) in [4.78, 5) is 26.0. The van der Waals surface area contributed by atoms with Gasteiger partial charge in [0.25, 0.3) is 5.91 Å². The molecule has 0 radical (unpaired) electrons. The van der Waals surface area contributed by atoms with Crippen LogP contribution in [0.4, 0.5) is 24.5 Å². The van der Waals surface area contributed by atoms with E-state index in [9.17, 15) is 22.8 Å². The van der Waals surface area contributed by atoms with Gasteiger partial charge in [-0.05, 0) is 42.8 Å². The first-order valence-corrected chi connectivity index (χ1v) is 9.91.